The second kappa shape index (κ2) is 4.46. The molecule has 2 N–H and O–H groups in total. The van der Waals surface area contributed by atoms with Crippen LogP contribution in [-0.2, 0) is 6.18 Å². The number of anilines is 2. The molecule has 0 fully saturated rings. The van der Waals surface area contributed by atoms with Gasteiger partial charge in [-0.3, -0.25) is 0 Å². The number of nitrogens with zero attached hydrogens (tertiary/aromatic N) is 1. The van der Waals surface area contributed by atoms with Crippen LogP contribution in [0.25, 0.3) is 11.0 Å². The van der Waals surface area contributed by atoms with Gasteiger partial charge in [-0.05, 0) is 18.2 Å². The van der Waals surface area contributed by atoms with Gasteiger partial charge in [0.15, 0.2) is 0 Å². The summed E-state index contributed by atoms with van der Waals surface area (Å²) in [6.45, 7) is 0. The first kappa shape index (κ1) is 12.4. The van der Waals surface area contributed by atoms with Gasteiger partial charge in [0.25, 0.3) is 0 Å². The average molecular weight is 275 g/mol. The van der Waals surface area contributed by atoms with E-state index in [1.807, 2.05) is 12.1 Å². The quantitative estimate of drug-likeness (QED) is 0.744. The maximum absolute atomic E-state index is 12.6. The van der Waals surface area contributed by atoms with E-state index in [-0.39, 0.29) is 5.69 Å². The standard InChI is InChI=1S/C14H8F3N3/c15-14(16,17)10-2-1-3-11(7-10)20-12-6-9-4-5-18-13(9)19-8-12/h3-8,20H,(H,18,19). The fourth-order valence-electron chi connectivity index (χ4n) is 1.82. The summed E-state index contributed by atoms with van der Waals surface area (Å²) in [5.41, 5.74) is 0.746. The van der Waals surface area contributed by atoms with Crippen LogP contribution in [0, 0.1) is 12.1 Å². The molecule has 3 rings (SSSR count). The number of H-pyrrole nitrogens is 1. The van der Waals surface area contributed by atoms with Crippen molar-refractivity contribution in [2.45, 2.75) is 6.18 Å². The number of rotatable bonds is 2. The fourth-order valence-corrected chi connectivity index (χ4v) is 1.82. The molecule has 0 radical (unpaired) electrons. The molecule has 0 amide bonds. The molecular weight excluding hydrogens is 267 g/mol. The largest absolute Gasteiger partial charge is 0.424 e. The number of hydrogen-bond acceptors (Lipinski definition) is 2. The van der Waals surface area contributed by atoms with Gasteiger partial charge in [-0.1, -0.05) is 12.1 Å². The van der Waals surface area contributed by atoms with Crippen LogP contribution < -0.4 is 5.32 Å². The first-order chi connectivity index (χ1) is 9.52. The smallest absolute Gasteiger partial charge is 0.354 e. The molecule has 0 unspecified atom stereocenters. The van der Waals surface area contributed by atoms with Crippen LogP contribution in [0.15, 0.2) is 36.7 Å². The Morgan fingerprint density at radius 2 is 2.05 bits per heavy atom. The molecule has 1 aromatic carbocycles. The van der Waals surface area contributed by atoms with Crippen LogP contribution in [-0.4, -0.2) is 9.97 Å². The summed E-state index contributed by atoms with van der Waals surface area (Å²) >= 11 is 0. The molecule has 3 nitrogen and oxygen atoms in total. The molecule has 6 heteroatoms. The van der Waals surface area contributed by atoms with E-state index >= 15 is 0 Å². The Balaban J connectivity index is 1.90. The minimum absolute atomic E-state index is 0.285. The minimum atomic E-state index is -4.43. The van der Waals surface area contributed by atoms with Crippen molar-refractivity contribution in [2.24, 2.45) is 0 Å². The maximum atomic E-state index is 12.6. The lowest BCUT2D eigenvalue weighted by atomic mass is 10.2. The van der Waals surface area contributed by atoms with E-state index in [4.69, 9.17) is 0 Å². The normalized spacial score (nSPS) is 11.3. The highest BCUT2D eigenvalue weighted by molar-refractivity contribution is 5.80. The summed E-state index contributed by atoms with van der Waals surface area (Å²) in [6, 6.07) is 10.4. The van der Waals surface area contributed by atoms with E-state index in [1.165, 1.54) is 6.07 Å². The molecule has 0 atom stereocenters. The highest BCUT2D eigenvalue weighted by atomic mass is 19.4. The van der Waals surface area contributed by atoms with Gasteiger partial charge in [0, 0.05) is 23.3 Å². The molecule has 0 saturated carbocycles. The lowest BCUT2D eigenvalue weighted by molar-refractivity contribution is -0.137. The Bertz CT molecular complexity index is 747. The van der Waals surface area contributed by atoms with Crippen molar-refractivity contribution in [1.29, 1.82) is 0 Å². The lowest BCUT2D eigenvalue weighted by Gasteiger charge is -2.08. The molecular formula is C14H8F3N3. The number of halogens is 3. The zero-order valence-corrected chi connectivity index (χ0v) is 10.0. The van der Waals surface area contributed by atoms with Gasteiger partial charge >= 0.3 is 6.18 Å². The summed E-state index contributed by atoms with van der Waals surface area (Å²) in [5, 5.41) is 3.74. The molecule has 0 spiro atoms. The van der Waals surface area contributed by atoms with Crippen molar-refractivity contribution in [3.63, 3.8) is 0 Å². The Labute approximate surface area is 112 Å². The molecule has 0 aliphatic rings. The highest BCUT2D eigenvalue weighted by Gasteiger charge is 2.31. The number of hydrogen-bond donors (Lipinski definition) is 2. The van der Waals surface area contributed by atoms with Gasteiger partial charge < -0.3 is 10.3 Å². The summed E-state index contributed by atoms with van der Waals surface area (Å²) in [6.07, 6.45) is -1.14. The van der Waals surface area contributed by atoms with Crippen molar-refractivity contribution in [3.8, 4) is 0 Å². The van der Waals surface area contributed by atoms with E-state index < -0.39 is 11.7 Å². The van der Waals surface area contributed by atoms with Gasteiger partial charge in [-0.2, -0.15) is 13.2 Å². The molecule has 0 aliphatic carbocycles. The topological polar surface area (TPSA) is 40.7 Å². The predicted octanol–water partition coefficient (Wildman–Crippen LogP) is 3.93. The Hall–Kier alpha value is -2.68. The molecule has 20 heavy (non-hydrogen) atoms. The fraction of sp³-hybridized carbons (Fsp3) is 0.0714. The van der Waals surface area contributed by atoms with Crippen LogP contribution in [0.3, 0.4) is 0 Å². The van der Waals surface area contributed by atoms with Crippen molar-refractivity contribution in [3.05, 3.63) is 54.4 Å². The monoisotopic (exact) mass is 275 g/mol. The van der Waals surface area contributed by atoms with Crippen LogP contribution in [0.2, 0.25) is 0 Å². The van der Waals surface area contributed by atoms with Gasteiger partial charge in [0.05, 0.1) is 11.9 Å². The number of pyridine rings is 1. The molecule has 0 bridgehead atoms. The van der Waals surface area contributed by atoms with Gasteiger partial charge in [0.2, 0.25) is 0 Å². The first-order valence-electron chi connectivity index (χ1n) is 5.73. The molecule has 0 aliphatic heterocycles. The predicted molar refractivity (Wildman–Crippen MR) is 68.5 cm³/mol. The van der Waals surface area contributed by atoms with Crippen molar-refractivity contribution < 1.29 is 13.2 Å². The third-order valence-corrected chi connectivity index (χ3v) is 2.73. The van der Waals surface area contributed by atoms with E-state index in [0.29, 0.717) is 5.69 Å². The zero-order chi connectivity index (χ0) is 14.2. The minimum Gasteiger partial charge on any atom is -0.354 e. The third-order valence-electron chi connectivity index (χ3n) is 2.73. The van der Waals surface area contributed by atoms with E-state index in [9.17, 15) is 13.2 Å². The second-order valence-corrected chi connectivity index (χ2v) is 4.19. The first-order valence-corrected chi connectivity index (χ1v) is 5.73. The van der Waals surface area contributed by atoms with Crippen molar-refractivity contribution in [1.82, 2.24) is 9.97 Å². The SMILES string of the molecule is FC(F)(F)c1c#ccc(Nc2cnc3[nH]ccc3c2)c1. The van der Waals surface area contributed by atoms with Gasteiger partial charge in [-0.15, -0.1) is 0 Å². The molecule has 2 aromatic heterocycles. The number of alkyl halides is 3. The third kappa shape index (κ3) is 2.38. The zero-order valence-electron chi connectivity index (χ0n) is 10.0. The summed E-state index contributed by atoms with van der Waals surface area (Å²) in [4.78, 5) is 7.09. The van der Waals surface area contributed by atoms with E-state index in [2.05, 4.69) is 21.4 Å². The molecule has 100 valence electrons. The van der Waals surface area contributed by atoms with Crippen LogP contribution >= 0.6 is 0 Å². The number of aromatic amines is 1. The van der Waals surface area contributed by atoms with Gasteiger partial charge in [-0.25, -0.2) is 4.98 Å². The van der Waals surface area contributed by atoms with Crippen molar-refractivity contribution in [2.75, 3.05) is 5.32 Å². The Kier molecular flexibility index (Phi) is 2.75. The van der Waals surface area contributed by atoms with Crippen LogP contribution in [0.1, 0.15) is 5.56 Å². The summed E-state index contributed by atoms with van der Waals surface area (Å²) in [7, 11) is 0. The molecule has 2 heterocycles. The summed E-state index contributed by atoms with van der Waals surface area (Å²) < 4.78 is 37.7. The highest BCUT2D eigenvalue weighted by Crippen LogP contribution is 2.30. The Morgan fingerprint density at radius 1 is 1.20 bits per heavy atom. The number of nitrogens with one attached hydrogen (secondary N) is 2. The Morgan fingerprint density at radius 3 is 2.85 bits per heavy atom. The van der Waals surface area contributed by atoms with E-state index in [1.54, 1.807) is 18.5 Å². The summed E-state index contributed by atoms with van der Waals surface area (Å²) in [5.74, 6) is 0. The lowest BCUT2D eigenvalue weighted by Crippen LogP contribution is -2.04. The molecule has 3 aromatic rings. The number of aromatic nitrogens is 2. The average Bonchev–Trinajstić information content (AvgIpc) is 2.85. The van der Waals surface area contributed by atoms with Gasteiger partial charge in [0.1, 0.15) is 11.2 Å². The molecule has 0 saturated heterocycles. The van der Waals surface area contributed by atoms with E-state index in [0.717, 1.165) is 17.1 Å². The second-order valence-electron chi connectivity index (χ2n) is 4.19. The van der Waals surface area contributed by atoms with Crippen LogP contribution in [0.5, 0.6) is 0 Å². The number of fused-ring (bicyclic) bond motifs is 1. The van der Waals surface area contributed by atoms with Crippen molar-refractivity contribution >= 4 is 22.4 Å². The van der Waals surface area contributed by atoms with Crippen LogP contribution in [0.4, 0.5) is 24.5 Å². The maximum Gasteiger partial charge on any atom is 0.424 e.